The van der Waals surface area contributed by atoms with Gasteiger partial charge in [-0.25, -0.2) is 4.39 Å². The first-order valence-electron chi connectivity index (χ1n) is 16.1. The van der Waals surface area contributed by atoms with Crippen molar-refractivity contribution in [1.29, 1.82) is 0 Å². The number of pyridine rings is 1. The minimum atomic E-state index is -0.546. The second kappa shape index (κ2) is 12.0. The van der Waals surface area contributed by atoms with Gasteiger partial charge in [-0.05, 0) is 85.9 Å². The Kier molecular flexibility index (Phi) is 8.25. The van der Waals surface area contributed by atoms with Crippen LogP contribution in [0, 0.1) is 11.2 Å². The minimum Gasteiger partial charge on any atom is -0.461 e. The van der Waals surface area contributed by atoms with Crippen LogP contribution in [0.5, 0.6) is 0 Å². The van der Waals surface area contributed by atoms with Crippen LogP contribution in [0.2, 0.25) is 0 Å². The third kappa shape index (κ3) is 6.04. The number of aromatic nitrogens is 2. The Bertz CT molecular complexity index is 1860. The van der Waals surface area contributed by atoms with Gasteiger partial charge in [-0.2, -0.15) is 0 Å². The van der Waals surface area contributed by atoms with Crippen molar-refractivity contribution in [2.75, 3.05) is 16.8 Å². The zero-order chi connectivity index (χ0) is 32.9. The number of carbonyl (C=O) groups excluding carboxylic acids is 2. The Morgan fingerprint density at radius 1 is 1.15 bits per heavy atom. The van der Waals surface area contributed by atoms with Gasteiger partial charge in [-0.15, -0.1) is 0 Å². The van der Waals surface area contributed by atoms with Crippen molar-refractivity contribution in [3.63, 3.8) is 0 Å². The molecular formula is C36H42FN5O4. The summed E-state index contributed by atoms with van der Waals surface area (Å²) >= 11 is 0. The summed E-state index contributed by atoms with van der Waals surface area (Å²) in [4.78, 5) is 45.8. The molecular weight excluding hydrogens is 585 g/mol. The Morgan fingerprint density at radius 3 is 2.67 bits per heavy atom. The lowest BCUT2D eigenvalue weighted by Crippen LogP contribution is -2.41. The van der Waals surface area contributed by atoms with Gasteiger partial charge < -0.3 is 24.1 Å². The van der Waals surface area contributed by atoms with E-state index in [1.807, 2.05) is 19.1 Å². The molecule has 3 aromatic rings. The molecule has 3 aliphatic rings. The summed E-state index contributed by atoms with van der Waals surface area (Å²) in [5, 5.41) is 3.23. The number of nitrogens with zero attached hydrogens (tertiary/aromatic N) is 4. The molecule has 4 heterocycles. The first kappa shape index (κ1) is 31.5. The number of esters is 1. The number of allylic oxidation sites excluding steroid dienone is 1. The highest BCUT2D eigenvalue weighted by atomic mass is 19.1. The van der Waals surface area contributed by atoms with Crippen molar-refractivity contribution in [2.45, 2.75) is 85.9 Å². The van der Waals surface area contributed by atoms with E-state index in [9.17, 15) is 14.4 Å². The molecule has 1 unspecified atom stereocenters. The topological polar surface area (TPSA) is 97.9 Å². The number of benzene rings is 1. The van der Waals surface area contributed by atoms with Gasteiger partial charge in [-0.3, -0.25) is 19.4 Å². The lowest BCUT2D eigenvalue weighted by molar-refractivity contribution is -0.142. The number of carbonyl (C=O) groups is 2. The highest BCUT2D eigenvalue weighted by Crippen LogP contribution is 2.41. The maximum atomic E-state index is 15.5. The fourth-order valence-electron chi connectivity index (χ4n) is 7.04. The molecule has 0 saturated heterocycles. The molecule has 0 radical (unpaired) electrons. The summed E-state index contributed by atoms with van der Waals surface area (Å²) in [5.41, 5.74) is 6.09. The second-order valence-electron chi connectivity index (χ2n) is 13.6. The van der Waals surface area contributed by atoms with E-state index in [0.717, 1.165) is 32.1 Å². The van der Waals surface area contributed by atoms with Crippen molar-refractivity contribution < 1.29 is 18.7 Å². The van der Waals surface area contributed by atoms with Crippen LogP contribution in [-0.2, 0) is 42.6 Å². The van der Waals surface area contributed by atoms with E-state index in [4.69, 9.17) is 9.73 Å². The summed E-state index contributed by atoms with van der Waals surface area (Å²) in [5.74, 6) is -0.661. The normalized spacial score (nSPS) is 18.8. The molecule has 6 rings (SSSR count). The fourth-order valence-corrected chi connectivity index (χ4v) is 7.04. The average Bonchev–Trinajstić information content (AvgIpc) is 3.40. The molecule has 0 saturated carbocycles. The van der Waals surface area contributed by atoms with Crippen LogP contribution in [0.15, 0.2) is 51.9 Å². The molecule has 1 amide bonds. The maximum Gasteiger partial charge on any atom is 0.302 e. The van der Waals surface area contributed by atoms with E-state index < -0.39 is 11.8 Å². The number of anilines is 2. The van der Waals surface area contributed by atoms with Gasteiger partial charge in [0.15, 0.2) is 0 Å². The number of rotatable bonds is 6. The number of halogens is 1. The van der Waals surface area contributed by atoms with Crippen molar-refractivity contribution in [2.24, 2.45) is 17.5 Å². The predicted octanol–water partition coefficient (Wildman–Crippen LogP) is 6.17. The number of hydrogen-bond donors (Lipinski definition) is 1. The molecule has 1 aromatic carbocycles. The summed E-state index contributed by atoms with van der Waals surface area (Å²) in [6.07, 6.45) is 8.15. The largest absolute Gasteiger partial charge is 0.461 e. The van der Waals surface area contributed by atoms with E-state index in [0.29, 0.717) is 47.0 Å². The maximum absolute atomic E-state index is 15.5. The number of amides is 1. The van der Waals surface area contributed by atoms with Gasteiger partial charge in [0, 0.05) is 50.1 Å². The van der Waals surface area contributed by atoms with E-state index in [1.54, 1.807) is 24.2 Å². The molecule has 242 valence electrons. The smallest absolute Gasteiger partial charge is 0.302 e. The minimum absolute atomic E-state index is 0.139. The summed E-state index contributed by atoms with van der Waals surface area (Å²) < 4.78 is 24.6. The zero-order valence-corrected chi connectivity index (χ0v) is 27.5. The van der Waals surface area contributed by atoms with E-state index in [-0.39, 0.29) is 35.2 Å². The van der Waals surface area contributed by atoms with E-state index in [2.05, 4.69) is 30.7 Å². The van der Waals surface area contributed by atoms with Gasteiger partial charge in [0.25, 0.3) is 11.5 Å². The monoisotopic (exact) mass is 627 g/mol. The first-order chi connectivity index (χ1) is 21.8. The fraction of sp³-hybridized carbons (Fsp3) is 0.444. The molecule has 46 heavy (non-hydrogen) atoms. The van der Waals surface area contributed by atoms with Crippen molar-refractivity contribution in [3.8, 4) is 11.1 Å². The highest BCUT2D eigenvalue weighted by molar-refractivity contribution is 6.07. The first-order valence-corrected chi connectivity index (χ1v) is 16.1. The Morgan fingerprint density at radius 2 is 1.93 bits per heavy atom. The van der Waals surface area contributed by atoms with Crippen LogP contribution in [0.4, 0.5) is 15.8 Å². The molecule has 2 aromatic heterocycles. The average molecular weight is 628 g/mol. The van der Waals surface area contributed by atoms with Crippen molar-refractivity contribution in [3.05, 3.63) is 80.8 Å². The quantitative estimate of drug-likeness (QED) is 0.330. The van der Waals surface area contributed by atoms with Crippen LogP contribution in [0.25, 0.3) is 11.1 Å². The van der Waals surface area contributed by atoms with Crippen LogP contribution in [0.3, 0.4) is 0 Å². The number of ether oxygens (including phenoxy) is 1. The second-order valence-corrected chi connectivity index (χ2v) is 13.6. The lowest BCUT2D eigenvalue weighted by atomic mass is 9.90. The predicted molar refractivity (Wildman–Crippen MR) is 178 cm³/mol. The molecule has 0 bridgehead atoms. The third-order valence-corrected chi connectivity index (χ3v) is 9.33. The molecule has 9 nitrogen and oxygen atoms in total. The number of aryl methyl sites for hydroxylation is 1. The Labute approximate surface area is 268 Å². The Balaban J connectivity index is 1.43. The Hall–Kier alpha value is -4.47. The molecule has 10 heteroatoms. The SMILES string of the molecule is CCC1CCC(C)=CC(Nc2cc(-c3cc(F)cc(N4CCn5c(cc6c5CC(C)(C)C6)C4=O)c3COC(C)=O)cn(C)c2=O)=N1. The molecule has 1 atom stereocenters. The van der Waals surface area contributed by atoms with Gasteiger partial charge in [0.1, 0.15) is 29.6 Å². The van der Waals surface area contributed by atoms with Crippen LogP contribution in [0.1, 0.15) is 81.2 Å². The summed E-state index contributed by atoms with van der Waals surface area (Å²) in [6, 6.07) is 6.48. The number of amidine groups is 1. The van der Waals surface area contributed by atoms with Crippen molar-refractivity contribution >= 4 is 29.1 Å². The molecule has 0 fully saturated rings. The number of hydrogen-bond acceptors (Lipinski definition) is 6. The van der Waals surface area contributed by atoms with Crippen LogP contribution < -0.4 is 15.8 Å². The molecule has 1 aliphatic carbocycles. The summed E-state index contributed by atoms with van der Waals surface area (Å²) in [7, 11) is 1.64. The molecule has 1 N–H and O–H groups in total. The van der Waals surface area contributed by atoms with Gasteiger partial charge in [0.05, 0.1) is 11.7 Å². The molecule has 0 spiro atoms. The number of nitrogens with one attached hydrogen (secondary N) is 1. The summed E-state index contributed by atoms with van der Waals surface area (Å²) in [6.45, 7) is 10.7. The highest BCUT2D eigenvalue weighted by Gasteiger charge is 2.37. The number of fused-ring (bicyclic) bond motifs is 3. The van der Waals surface area contributed by atoms with E-state index >= 15 is 4.39 Å². The lowest BCUT2D eigenvalue weighted by Gasteiger charge is -2.32. The number of aliphatic imine (C=N–C) groups is 1. The van der Waals surface area contributed by atoms with Crippen LogP contribution >= 0.6 is 0 Å². The van der Waals surface area contributed by atoms with E-state index in [1.165, 1.54) is 40.5 Å². The zero-order valence-electron chi connectivity index (χ0n) is 27.5. The standard InChI is InChI=1S/C36H42FN5O4/c1-7-26-9-8-21(2)12-33(38-26)39-29-13-24(19-40(6)34(29)44)27-15-25(37)16-30(28(27)20-46-22(3)43)42-11-10-41-31(35(42)45)14-23-17-36(4,5)18-32(23)41/h12-16,19,26H,7-11,17-18,20H2,1-6H3,(H,38,39). The van der Waals surface area contributed by atoms with Crippen molar-refractivity contribution in [1.82, 2.24) is 9.13 Å². The third-order valence-electron chi connectivity index (χ3n) is 9.33. The van der Waals surface area contributed by atoms with Crippen LogP contribution in [-0.4, -0.2) is 39.4 Å². The van der Waals surface area contributed by atoms with Gasteiger partial charge in [0.2, 0.25) is 0 Å². The molecule has 2 aliphatic heterocycles. The van der Waals surface area contributed by atoms with Gasteiger partial charge >= 0.3 is 5.97 Å². The van der Waals surface area contributed by atoms with Gasteiger partial charge in [-0.1, -0.05) is 26.3 Å².